The number of hydrogen-bond acceptors (Lipinski definition) is 0. The van der Waals surface area contributed by atoms with Gasteiger partial charge in [0.25, 0.3) is 0 Å². The van der Waals surface area contributed by atoms with Crippen LogP contribution in [0, 0.1) is 11.8 Å². The first kappa shape index (κ1) is 9.47. The molecule has 0 heteroatoms. The van der Waals surface area contributed by atoms with Crippen molar-refractivity contribution in [3.63, 3.8) is 0 Å². The zero-order valence-electron chi connectivity index (χ0n) is 9.84. The average Bonchev–Trinajstić information content (AvgIpc) is 3.00. The van der Waals surface area contributed by atoms with Gasteiger partial charge in [-0.25, -0.2) is 0 Å². The van der Waals surface area contributed by atoms with Crippen molar-refractivity contribution in [1.29, 1.82) is 0 Å². The quantitative estimate of drug-likeness (QED) is 0.620. The van der Waals surface area contributed by atoms with Crippen LogP contribution in [0.1, 0.15) is 24.3 Å². The lowest BCUT2D eigenvalue weighted by Gasteiger charge is -2.20. The van der Waals surface area contributed by atoms with E-state index in [2.05, 4.69) is 54.6 Å². The molecule has 0 unspecified atom stereocenters. The summed E-state index contributed by atoms with van der Waals surface area (Å²) in [4.78, 5) is 0. The molecule has 2 aromatic carbocycles. The second-order valence-electron chi connectivity index (χ2n) is 5.46. The van der Waals surface area contributed by atoms with E-state index in [0.717, 1.165) is 17.8 Å². The Balaban J connectivity index is 1.88. The van der Waals surface area contributed by atoms with Gasteiger partial charge in [-0.2, -0.15) is 0 Å². The van der Waals surface area contributed by atoms with Crippen LogP contribution in [-0.4, -0.2) is 0 Å². The molecule has 1 saturated carbocycles. The summed E-state index contributed by atoms with van der Waals surface area (Å²) in [5, 5.41) is 2.85. The molecule has 0 N–H and O–H groups in total. The summed E-state index contributed by atoms with van der Waals surface area (Å²) in [5.41, 5.74) is 1.57. The zero-order chi connectivity index (χ0) is 11.2. The van der Waals surface area contributed by atoms with Crippen LogP contribution in [0.2, 0.25) is 0 Å². The van der Waals surface area contributed by atoms with Crippen LogP contribution < -0.4 is 0 Å². The Bertz CT molecular complexity index is 589. The average molecular weight is 220 g/mol. The molecule has 0 radical (unpaired) electrons. The van der Waals surface area contributed by atoms with Crippen LogP contribution in [0.5, 0.6) is 0 Å². The molecular weight excluding hydrogens is 204 g/mol. The van der Waals surface area contributed by atoms with E-state index in [1.54, 1.807) is 5.56 Å². The molecule has 0 heterocycles. The lowest BCUT2D eigenvalue weighted by atomic mass is 9.84. The molecule has 2 aromatic rings. The van der Waals surface area contributed by atoms with E-state index in [9.17, 15) is 0 Å². The molecule has 0 saturated heterocycles. The standard InChI is InChI=1S/C17H16/c1-2-6-15-13(4-1)5-3-7-16(15)17-11-12-8-9-14(17)10-12/h1-9,12,14,17H,10-11H2/t12-,14+,17+/m1/s1. The van der Waals surface area contributed by atoms with Crippen molar-refractivity contribution < 1.29 is 0 Å². The molecule has 3 atom stereocenters. The highest BCUT2D eigenvalue weighted by atomic mass is 14.4. The Hall–Kier alpha value is -1.56. The highest BCUT2D eigenvalue weighted by Crippen LogP contribution is 2.49. The molecule has 0 aliphatic heterocycles. The molecular formula is C17H16. The smallest absolute Gasteiger partial charge is 0.00870 e. The highest BCUT2D eigenvalue weighted by molar-refractivity contribution is 5.86. The second-order valence-corrected chi connectivity index (χ2v) is 5.46. The van der Waals surface area contributed by atoms with E-state index in [0.29, 0.717) is 0 Å². The fourth-order valence-electron chi connectivity index (χ4n) is 3.71. The number of rotatable bonds is 1. The third-order valence-electron chi connectivity index (χ3n) is 4.50. The zero-order valence-corrected chi connectivity index (χ0v) is 9.84. The van der Waals surface area contributed by atoms with Crippen LogP contribution in [0.25, 0.3) is 10.8 Å². The predicted octanol–water partition coefficient (Wildman–Crippen LogP) is 4.52. The monoisotopic (exact) mass is 220 g/mol. The normalized spacial score (nSPS) is 30.2. The van der Waals surface area contributed by atoms with Crippen molar-refractivity contribution in [3.8, 4) is 0 Å². The Morgan fingerprint density at radius 3 is 2.53 bits per heavy atom. The summed E-state index contributed by atoms with van der Waals surface area (Å²) in [6.07, 6.45) is 7.61. The summed E-state index contributed by atoms with van der Waals surface area (Å²) in [7, 11) is 0. The number of allylic oxidation sites excluding steroid dienone is 2. The van der Waals surface area contributed by atoms with E-state index in [-0.39, 0.29) is 0 Å². The lowest BCUT2D eigenvalue weighted by Crippen LogP contribution is -2.05. The van der Waals surface area contributed by atoms with Crippen molar-refractivity contribution in [2.75, 3.05) is 0 Å². The first-order chi connectivity index (χ1) is 8.42. The minimum absolute atomic E-state index is 0.760. The molecule has 2 bridgehead atoms. The lowest BCUT2D eigenvalue weighted by molar-refractivity contribution is 0.589. The first-order valence-corrected chi connectivity index (χ1v) is 6.58. The number of fused-ring (bicyclic) bond motifs is 3. The van der Waals surface area contributed by atoms with Gasteiger partial charge in [-0.15, -0.1) is 0 Å². The first-order valence-electron chi connectivity index (χ1n) is 6.58. The molecule has 84 valence electrons. The van der Waals surface area contributed by atoms with Gasteiger partial charge >= 0.3 is 0 Å². The van der Waals surface area contributed by atoms with Crippen LogP contribution >= 0.6 is 0 Å². The van der Waals surface area contributed by atoms with Crippen LogP contribution in [0.15, 0.2) is 54.6 Å². The summed E-state index contributed by atoms with van der Waals surface area (Å²) >= 11 is 0. The molecule has 2 aliphatic rings. The fourth-order valence-corrected chi connectivity index (χ4v) is 3.71. The minimum Gasteiger partial charge on any atom is -0.0851 e. The van der Waals surface area contributed by atoms with Crippen molar-refractivity contribution in [2.24, 2.45) is 11.8 Å². The number of hydrogen-bond donors (Lipinski definition) is 0. The summed E-state index contributed by atoms with van der Waals surface area (Å²) in [6, 6.07) is 15.6. The molecule has 17 heavy (non-hydrogen) atoms. The molecule has 0 amide bonds. The Labute approximate surface area is 102 Å². The van der Waals surface area contributed by atoms with Crippen molar-refractivity contribution >= 4 is 10.8 Å². The van der Waals surface area contributed by atoms with Gasteiger partial charge in [-0.3, -0.25) is 0 Å². The van der Waals surface area contributed by atoms with E-state index in [1.165, 1.54) is 23.6 Å². The van der Waals surface area contributed by atoms with Gasteiger partial charge in [-0.1, -0.05) is 54.6 Å². The second kappa shape index (κ2) is 3.46. The van der Waals surface area contributed by atoms with Gasteiger partial charge in [0.05, 0.1) is 0 Å². The van der Waals surface area contributed by atoms with E-state index in [1.807, 2.05) is 0 Å². The topological polar surface area (TPSA) is 0 Å². The summed E-state index contributed by atoms with van der Waals surface area (Å²) in [5.74, 6) is 2.41. The molecule has 0 nitrogen and oxygen atoms in total. The third kappa shape index (κ3) is 1.37. The van der Waals surface area contributed by atoms with Gasteiger partial charge in [0.1, 0.15) is 0 Å². The third-order valence-corrected chi connectivity index (χ3v) is 4.50. The Kier molecular flexibility index (Phi) is 1.93. The van der Waals surface area contributed by atoms with Crippen LogP contribution in [-0.2, 0) is 0 Å². The molecule has 2 aliphatic carbocycles. The fraction of sp³-hybridized carbons (Fsp3) is 0.294. The molecule has 1 fully saturated rings. The van der Waals surface area contributed by atoms with E-state index >= 15 is 0 Å². The predicted molar refractivity (Wildman–Crippen MR) is 72.0 cm³/mol. The van der Waals surface area contributed by atoms with Gasteiger partial charge in [0, 0.05) is 0 Å². The Morgan fingerprint density at radius 2 is 1.71 bits per heavy atom. The van der Waals surface area contributed by atoms with Crippen molar-refractivity contribution in [1.82, 2.24) is 0 Å². The largest absolute Gasteiger partial charge is 0.0851 e. The molecule has 4 rings (SSSR count). The molecule has 0 spiro atoms. The number of benzene rings is 2. The highest BCUT2D eigenvalue weighted by Gasteiger charge is 2.36. The van der Waals surface area contributed by atoms with E-state index in [4.69, 9.17) is 0 Å². The van der Waals surface area contributed by atoms with Crippen molar-refractivity contribution in [2.45, 2.75) is 18.8 Å². The maximum Gasteiger partial charge on any atom is -0.00870 e. The van der Waals surface area contributed by atoms with Crippen LogP contribution in [0.4, 0.5) is 0 Å². The SMILES string of the molecule is C1=C[C@H]2C[C@@H]1C[C@@H]2c1cccc2ccccc12. The maximum absolute atomic E-state index is 2.45. The Morgan fingerprint density at radius 1 is 0.824 bits per heavy atom. The summed E-state index contributed by atoms with van der Waals surface area (Å²) in [6.45, 7) is 0. The van der Waals surface area contributed by atoms with E-state index < -0.39 is 0 Å². The summed E-state index contributed by atoms with van der Waals surface area (Å²) < 4.78 is 0. The molecule has 0 aromatic heterocycles. The van der Waals surface area contributed by atoms with Crippen LogP contribution in [0.3, 0.4) is 0 Å². The minimum atomic E-state index is 0.760. The van der Waals surface area contributed by atoms with Gasteiger partial charge in [0.15, 0.2) is 0 Å². The maximum atomic E-state index is 2.45. The van der Waals surface area contributed by atoms with Crippen molar-refractivity contribution in [3.05, 3.63) is 60.2 Å². The van der Waals surface area contributed by atoms with Gasteiger partial charge < -0.3 is 0 Å². The van der Waals surface area contributed by atoms with Gasteiger partial charge in [0.2, 0.25) is 0 Å². The van der Waals surface area contributed by atoms with Gasteiger partial charge in [-0.05, 0) is 46.9 Å².